The van der Waals surface area contributed by atoms with Crippen LogP contribution in [-0.4, -0.2) is 22.2 Å². The number of carbonyl (C=O) groups is 1. The van der Waals surface area contributed by atoms with E-state index < -0.39 is 5.97 Å². The summed E-state index contributed by atoms with van der Waals surface area (Å²) in [6.45, 7) is 2.80. The van der Waals surface area contributed by atoms with Crippen LogP contribution in [0.15, 0.2) is 79.0 Å². The lowest BCUT2D eigenvalue weighted by Crippen LogP contribution is -1.98. The number of aliphatic carboxylic acids is 1. The summed E-state index contributed by atoms with van der Waals surface area (Å²) in [6, 6.07) is 24.5. The summed E-state index contributed by atoms with van der Waals surface area (Å²) in [6.07, 6.45) is 7.97. The molecule has 4 aromatic rings. The molecule has 0 spiro atoms. The van der Waals surface area contributed by atoms with Crippen LogP contribution < -0.4 is 4.74 Å². The zero-order valence-electron chi connectivity index (χ0n) is 18.2. The van der Waals surface area contributed by atoms with Crippen LogP contribution in [0.1, 0.15) is 36.5 Å². The van der Waals surface area contributed by atoms with Gasteiger partial charge in [0.1, 0.15) is 5.75 Å². The number of ether oxygens (including phenoxy) is 1. The maximum Gasteiger partial charge on any atom is 0.303 e. The van der Waals surface area contributed by atoms with Gasteiger partial charge < -0.3 is 14.4 Å². The van der Waals surface area contributed by atoms with Crippen LogP contribution in [0.5, 0.6) is 5.75 Å². The van der Waals surface area contributed by atoms with Gasteiger partial charge in [-0.2, -0.15) is 0 Å². The number of aryl methyl sites for hydroxylation is 1. The first-order valence-corrected chi connectivity index (χ1v) is 11.0. The fourth-order valence-corrected chi connectivity index (χ4v) is 3.73. The van der Waals surface area contributed by atoms with Crippen LogP contribution in [0.4, 0.5) is 0 Å². The van der Waals surface area contributed by atoms with Crippen molar-refractivity contribution in [2.75, 3.05) is 6.61 Å². The molecule has 1 aromatic heterocycles. The summed E-state index contributed by atoms with van der Waals surface area (Å²) in [5, 5.41) is 10.2. The van der Waals surface area contributed by atoms with Crippen molar-refractivity contribution >= 4 is 29.0 Å². The van der Waals surface area contributed by atoms with E-state index in [-0.39, 0.29) is 6.42 Å². The van der Waals surface area contributed by atoms with E-state index in [0.29, 0.717) is 13.0 Å². The molecule has 0 fully saturated rings. The second-order valence-electron chi connectivity index (χ2n) is 7.79. The molecule has 0 saturated carbocycles. The van der Waals surface area contributed by atoms with Crippen LogP contribution in [-0.2, 0) is 11.2 Å². The second-order valence-corrected chi connectivity index (χ2v) is 7.79. The van der Waals surface area contributed by atoms with Crippen LogP contribution in [0.3, 0.4) is 0 Å². The van der Waals surface area contributed by atoms with Crippen molar-refractivity contribution in [3.05, 3.63) is 95.7 Å². The lowest BCUT2D eigenvalue weighted by Gasteiger charge is -2.08. The SMILES string of the molecule is CCCOc1ccc(-n2cc(C=Cc3ccccc3)c3cc(CCC(=O)O)ccc32)cc1. The first kappa shape index (κ1) is 21.4. The van der Waals surface area contributed by atoms with Crippen LogP contribution in [0.25, 0.3) is 28.7 Å². The average Bonchev–Trinajstić information content (AvgIpc) is 3.19. The van der Waals surface area contributed by atoms with Gasteiger partial charge in [-0.15, -0.1) is 0 Å². The van der Waals surface area contributed by atoms with Gasteiger partial charge in [-0.05, 0) is 60.4 Å². The van der Waals surface area contributed by atoms with Gasteiger partial charge in [0.2, 0.25) is 0 Å². The maximum absolute atomic E-state index is 11.0. The molecule has 0 amide bonds. The molecule has 0 aliphatic rings. The Hall–Kier alpha value is -3.79. The molecule has 0 unspecified atom stereocenters. The van der Waals surface area contributed by atoms with E-state index in [1.807, 2.05) is 36.4 Å². The highest BCUT2D eigenvalue weighted by atomic mass is 16.5. The first-order valence-electron chi connectivity index (χ1n) is 11.0. The third-order valence-corrected chi connectivity index (χ3v) is 5.37. The maximum atomic E-state index is 11.0. The zero-order chi connectivity index (χ0) is 22.3. The molecule has 0 saturated heterocycles. The summed E-state index contributed by atoms with van der Waals surface area (Å²) in [5.41, 5.74) is 5.38. The van der Waals surface area contributed by atoms with Gasteiger partial charge in [0.25, 0.3) is 0 Å². The van der Waals surface area contributed by atoms with E-state index in [9.17, 15) is 4.79 Å². The Morgan fingerprint density at radius 1 is 1.00 bits per heavy atom. The molecule has 162 valence electrons. The molecule has 1 heterocycles. The number of hydrogen-bond acceptors (Lipinski definition) is 2. The highest BCUT2D eigenvalue weighted by molar-refractivity contribution is 5.93. The zero-order valence-corrected chi connectivity index (χ0v) is 18.2. The number of nitrogens with zero attached hydrogens (tertiary/aromatic N) is 1. The lowest BCUT2D eigenvalue weighted by molar-refractivity contribution is -0.136. The molecule has 32 heavy (non-hydrogen) atoms. The minimum absolute atomic E-state index is 0.126. The average molecular weight is 426 g/mol. The van der Waals surface area contributed by atoms with Crippen LogP contribution in [0, 0.1) is 0 Å². The predicted octanol–water partition coefficient (Wildman–Crippen LogP) is 6.61. The molecular weight excluding hydrogens is 398 g/mol. The number of aromatic nitrogens is 1. The van der Waals surface area contributed by atoms with E-state index >= 15 is 0 Å². The van der Waals surface area contributed by atoms with E-state index in [1.54, 1.807) is 0 Å². The number of hydrogen-bond donors (Lipinski definition) is 1. The Balaban J connectivity index is 1.73. The van der Waals surface area contributed by atoms with Gasteiger partial charge in [-0.25, -0.2) is 0 Å². The highest BCUT2D eigenvalue weighted by Gasteiger charge is 2.10. The fraction of sp³-hybridized carbons (Fsp3) is 0.179. The Labute approximate surface area is 188 Å². The summed E-state index contributed by atoms with van der Waals surface area (Å²) in [5.74, 6) is 0.0875. The Morgan fingerprint density at radius 3 is 2.50 bits per heavy atom. The molecule has 1 N–H and O–H groups in total. The Bertz CT molecular complexity index is 1220. The molecule has 3 aromatic carbocycles. The third kappa shape index (κ3) is 5.09. The van der Waals surface area contributed by atoms with E-state index in [4.69, 9.17) is 9.84 Å². The topological polar surface area (TPSA) is 51.5 Å². The lowest BCUT2D eigenvalue weighted by atomic mass is 10.0. The number of fused-ring (bicyclic) bond motifs is 1. The first-order chi connectivity index (χ1) is 15.6. The van der Waals surface area contributed by atoms with Crippen molar-refractivity contribution in [3.8, 4) is 11.4 Å². The minimum atomic E-state index is -0.780. The van der Waals surface area contributed by atoms with Gasteiger partial charge in [0.05, 0.1) is 12.1 Å². The summed E-state index contributed by atoms with van der Waals surface area (Å²) in [4.78, 5) is 11.0. The van der Waals surface area contributed by atoms with E-state index in [0.717, 1.165) is 45.5 Å². The number of rotatable bonds is 9. The van der Waals surface area contributed by atoms with Gasteiger partial charge in [-0.1, -0.05) is 55.5 Å². The Kier molecular flexibility index (Phi) is 6.71. The molecule has 0 aliphatic heterocycles. The van der Waals surface area contributed by atoms with E-state index in [2.05, 4.69) is 66.2 Å². The molecule has 0 bridgehead atoms. The van der Waals surface area contributed by atoms with Gasteiger partial charge in [0.15, 0.2) is 0 Å². The summed E-state index contributed by atoms with van der Waals surface area (Å²) < 4.78 is 7.89. The smallest absolute Gasteiger partial charge is 0.303 e. The molecule has 0 atom stereocenters. The molecule has 0 aliphatic carbocycles. The van der Waals surface area contributed by atoms with Gasteiger partial charge in [0, 0.05) is 29.3 Å². The standard InChI is InChI=1S/C28H27NO3/c1-2-18-32-25-14-12-24(13-15-25)29-20-23(11-8-21-6-4-3-5-7-21)26-19-22(9-16-27(26)29)10-17-28(30)31/h3-9,11-16,19-20H,2,10,17-18H2,1H3,(H,30,31). The highest BCUT2D eigenvalue weighted by Crippen LogP contribution is 2.29. The number of carboxylic acids is 1. The van der Waals surface area contributed by atoms with Gasteiger partial charge >= 0.3 is 5.97 Å². The third-order valence-electron chi connectivity index (χ3n) is 5.37. The number of benzene rings is 3. The largest absolute Gasteiger partial charge is 0.494 e. The summed E-state index contributed by atoms with van der Waals surface area (Å²) >= 11 is 0. The second kappa shape index (κ2) is 10.0. The van der Waals surface area contributed by atoms with Crippen molar-refractivity contribution < 1.29 is 14.6 Å². The normalized spacial score (nSPS) is 11.3. The van der Waals surface area contributed by atoms with Crippen molar-refractivity contribution in [2.45, 2.75) is 26.2 Å². The van der Waals surface area contributed by atoms with Crippen molar-refractivity contribution in [1.29, 1.82) is 0 Å². The van der Waals surface area contributed by atoms with E-state index in [1.165, 1.54) is 0 Å². The molecule has 4 rings (SSSR count). The van der Waals surface area contributed by atoms with Crippen LogP contribution in [0.2, 0.25) is 0 Å². The minimum Gasteiger partial charge on any atom is -0.494 e. The molecule has 4 heteroatoms. The van der Waals surface area contributed by atoms with Crippen molar-refractivity contribution in [2.24, 2.45) is 0 Å². The van der Waals surface area contributed by atoms with Crippen LogP contribution >= 0.6 is 0 Å². The van der Waals surface area contributed by atoms with Crippen molar-refractivity contribution in [3.63, 3.8) is 0 Å². The quantitative estimate of drug-likeness (QED) is 0.328. The molecule has 4 nitrogen and oxygen atoms in total. The number of carboxylic acid groups (broad SMARTS) is 1. The predicted molar refractivity (Wildman–Crippen MR) is 130 cm³/mol. The fourth-order valence-electron chi connectivity index (χ4n) is 3.73. The molecule has 0 radical (unpaired) electrons. The monoisotopic (exact) mass is 425 g/mol. The Morgan fingerprint density at radius 2 is 1.78 bits per heavy atom. The van der Waals surface area contributed by atoms with Gasteiger partial charge in [-0.3, -0.25) is 4.79 Å². The summed E-state index contributed by atoms with van der Waals surface area (Å²) in [7, 11) is 0. The van der Waals surface area contributed by atoms with Crippen molar-refractivity contribution in [1.82, 2.24) is 4.57 Å². The molecular formula is C28H27NO3.